The molecule has 6 nitrogen and oxygen atoms in total. The van der Waals surface area contributed by atoms with Gasteiger partial charge >= 0.3 is 0 Å². The van der Waals surface area contributed by atoms with Crippen molar-refractivity contribution in [2.24, 2.45) is 5.73 Å². The number of likely N-dealkylation sites (tertiary alicyclic amines) is 1. The van der Waals surface area contributed by atoms with Gasteiger partial charge in [-0.3, -0.25) is 4.79 Å². The number of aromatic hydroxyl groups is 1. The van der Waals surface area contributed by atoms with Crippen LogP contribution in [0, 0.1) is 0 Å². The number of phenols is 1. The number of aromatic nitrogens is 2. The monoisotopic (exact) mass is 390 g/mol. The molecule has 1 aliphatic rings. The smallest absolute Gasteiger partial charge is 0.247 e. The van der Waals surface area contributed by atoms with E-state index in [-0.39, 0.29) is 17.7 Å². The maximum Gasteiger partial charge on any atom is 0.247 e. The molecule has 2 heterocycles. The van der Waals surface area contributed by atoms with Crippen LogP contribution < -0.4 is 5.73 Å². The zero-order valence-corrected chi connectivity index (χ0v) is 16.5. The van der Waals surface area contributed by atoms with Crippen LogP contribution in [0.2, 0.25) is 0 Å². The standard InChI is InChI=1S/C23H26N4O2/c1-23(24,17-10-12-18(28)13-11-17)22(29)27-14-6-5-9-20(27)21-25-15-19(26-21)16-7-3-2-4-8-16/h2-4,7-8,10-13,15,20,28H,5-6,9,14,24H2,1H3,(H,25,26)/t20-,23-/m0/s1. The summed E-state index contributed by atoms with van der Waals surface area (Å²) in [5.74, 6) is 0.806. The molecule has 2 atom stereocenters. The first-order valence-corrected chi connectivity index (χ1v) is 9.96. The number of nitrogens with zero attached hydrogens (tertiary/aromatic N) is 2. The Morgan fingerprint density at radius 2 is 1.90 bits per heavy atom. The third kappa shape index (κ3) is 3.76. The summed E-state index contributed by atoms with van der Waals surface area (Å²) in [5.41, 5.74) is 7.99. The lowest BCUT2D eigenvalue weighted by atomic mass is 9.89. The molecule has 0 unspecified atom stereocenters. The van der Waals surface area contributed by atoms with E-state index in [1.807, 2.05) is 41.4 Å². The molecule has 150 valence electrons. The molecule has 0 radical (unpaired) electrons. The molecule has 4 N–H and O–H groups in total. The van der Waals surface area contributed by atoms with E-state index in [1.165, 1.54) is 0 Å². The molecule has 0 aliphatic carbocycles. The minimum absolute atomic E-state index is 0.131. The third-order valence-corrected chi connectivity index (χ3v) is 5.67. The maximum atomic E-state index is 13.5. The van der Waals surface area contributed by atoms with E-state index in [0.29, 0.717) is 12.1 Å². The van der Waals surface area contributed by atoms with Crippen molar-refractivity contribution in [1.29, 1.82) is 0 Å². The molecule has 1 amide bonds. The zero-order valence-electron chi connectivity index (χ0n) is 16.5. The minimum atomic E-state index is -1.18. The molecule has 0 bridgehead atoms. The van der Waals surface area contributed by atoms with E-state index >= 15 is 0 Å². The van der Waals surface area contributed by atoms with Gasteiger partial charge in [0.15, 0.2) is 0 Å². The second-order valence-corrected chi connectivity index (χ2v) is 7.81. The largest absolute Gasteiger partial charge is 0.508 e. The molecular formula is C23H26N4O2. The number of benzene rings is 2. The average molecular weight is 390 g/mol. The Hall–Kier alpha value is -3.12. The molecule has 0 saturated carbocycles. The summed E-state index contributed by atoms with van der Waals surface area (Å²) < 4.78 is 0. The Balaban J connectivity index is 1.61. The van der Waals surface area contributed by atoms with Crippen molar-refractivity contribution < 1.29 is 9.90 Å². The van der Waals surface area contributed by atoms with E-state index in [1.54, 1.807) is 31.2 Å². The molecule has 0 spiro atoms. The molecule has 29 heavy (non-hydrogen) atoms. The minimum Gasteiger partial charge on any atom is -0.508 e. The summed E-state index contributed by atoms with van der Waals surface area (Å²) >= 11 is 0. The van der Waals surface area contributed by atoms with Gasteiger partial charge in [-0.1, -0.05) is 42.5 Å². The van der Waals surface area contributed by atoms with Gasteiger partial charge in [-0.05, 0) is 49.4 Å². The average Bonchev–Trinajstić information content (AvgIpc) is 3.24. The van der Waals surface area contributed by atoms with Crippen molar-refractivity contribution in [3.05, 3.63) is 72.2 Å². The molecule has 1 saturated heterocycles. The number of imidazole rings is 1. The summed E-state index contributed by atoms with van der Waals surface area (Å²) in [7, 11) is 0. The number of phenolic OH excluding ortho intramolecular Hbond substituents is 1. The number of hydrogen-bond acceptors (Lipinski definition) is 4. The normalized spacial score (nSPS) is 19.0. The van der Waals surface area contributed by atoms with Crippen LogP contribution in [0.4, 0.5) is 0 Å². The van der Waals surface area contributed by atoms with Gasteiger partial charge in [0.1, 0.15) is 17.1 Å². The highest BCUT2D eigenvalue weighted by atomic mass is 16.3. The predicted molar refractivity (Wildman–Crippen MR) is 112 cm³/mol. The van der Waals surface area contributed by atoms with Crippen molar-refractivity contribution in [3.63, 3.8) is 0 Å². The van der Waals surface area contributed by atoms with Crippen molar-refractivity contribution in [1.82, 2.24) is 14.9 Å². The van der Waals surface area contributed by atoms with Crippen LogP contribution in [0.25, 0.3) is 11.3 Å². The molecule has 1 fully saturated rings. The van der Waals surface area contributed by atoms with Crippen LogP contribution in [0.5, 0.6) is 5.75 Å². The Bertz CT molecular complexity index is 980. The van der Waals surface area contributed by atoms with E-state index in [0.717, 1.165) is 36.3 Å². The van der Waals surface area contributed by atoms with Gasteiger partial charge in [-0.15, -0.1) is 0 Å². The molecule has 1 aliphatic heterocycles. The van der Waals surface area contributed by atoms with Gasteiger partial charge in [-0.25, -0.2) is 4.98 Å². The summed E-state index contributed by atoms with van der Waals surface area (Å²) in [5, 5.41) is 9.55. The summed E-state index contributed by atoms with van der Waals surface area (Å²) in [6.07, 6.45) is 4.65. The Labute approximate surface area is 170 Å². The number of carbonyl (C=O) groups excluding carboxylic acids is 1. The quantitative estimate of drug-likeness (QED) is 0.633. The highest BCUT2D eigenvalue weighted by Gasteiger charge is 2.39. The SMILES string of the molecule is C[C@@](N)(C(=O)N1CCCC[C@H]1c1ncc(-c2ccccc2)[nH]1)c1ccc(O)cc1. The first-order valence-electron chi connectivity index (χ1n) is 9.96. The van der Waals surface area contributed by atoms with E-state index in [9.17, 15) is 9.90 Å². The number of hydrogen-bond donors (Lipinski definition) is 3. The van der Waals surface area contributed by atoms with Gasteiger partial charge in [0.2, 0.25) is 5.91 Å². The zero-order chi connectivity index (χ0) is 20.4. The fourth-order valence-corrected chi connectivity index (χ4v) is 3.96. The Morgan fingerprint density at radius 1 is 1.17 bits per heavy atom. The fourth-order valence-electron chi connectivity index (χ4n) is 3.96. The molecule has 3 aromatic rings. The molecule has 1 aromatic heterocycles. The molecular weight excluding hydrogens is 364 g/mol. The van der Waals surface area contributed by atoms with Crippen LogP contribution in [-0.2, 0) is 10.3 Å². The second kappa shape index (κ2) is 7.72. The number of aromatic amines is 1. The molecule has 4 rings (SSSR count). The van der Waals surface area contributed by atoms with Gasteiger partial charge in [0, 0.05) is 6.54 Å². The number of rotatable bonds is 4. The van der Waals surface area contributed by atoms with Crippen molar-refractivity contribution >= 4 is 5.91 Å². The number of amides is 1. The molecule has 2 aromatic carbocycles. The molecule has 6 heteroatoms. The van der Waals surface area contributed by atoms with Crippen molar-refractivity contribution in [2.45, 2.75) is 37.8 Å². The summed E-state index contributed by atoms with van der Waals surface area (Å²) in [6.45, 7) is 2.38. The number of nitrogens with two attached hydrogens (primary N) is 1. The highest BCUT2D eigenvalue weighted by Crippen LogP contribution is 2.34. The lowest BCUT2D eigenvalue weighted by molar-refractivity contribution is -0.141. The van der Waals surface area contributed by atoms with Gasteiger partial charge in [0.25, 0.3) is 0 Å². The number of carbonyl (C=O) groups is 1. The number of piperidine rings is 1. The highest BCUT2D eigenvalue weighted by molar-refractivity contribution is 5.87. The lowest BCUT2D eigenvalue weighted by Crippen LogP contribution is -2.53. The number of H-pyrrole nitrogens is 1. The third-order valence-electron chi connectivity index (χ3n) is 5.67. The van der Waals surface area contributed by atoms with Crippen LogP contribution in [-0.4, -0.2) is 32.4 Å². The Morgan fingerprint density at radius 3 is 2.62 bits per heavy atom. The van der Waals surface area contributed by atoms with Crippen LogP contribution >= 0.6 is 0 Å². The van der Waals surface area contributed by atoms with Gasteiger partial charge < -0.3 is 20.7 Å². The Kier molecular flexibility index (Phi) is 5.11. The van der Waals surface area contributed by atoms with Crippen molar-refractivity contribution in [2.75, 3.05) is 6.54 Å². The predicted octanol–water partition coefficient (Wildman–Crippen LogP) is 3.71. The van der Waals surface area contributed by atoms with E-state index in [4.69, 9.17) is 5.73 Å². The number of nitrogens with one attached hydrogen (secondary N) is 1. The van der Waals surface area contributed by atoms with Gasteiger partial charge in [0.05, 0.1) is 17.9 Å². The van der Waals surface area contributed by atoms with Crippen molar-refractivity contribution in [3.8, 4) is 17.0 Å². The first-order chi connectivity index (χ1) is 14.0. The maximum absolute atomic E-state index is 13.5. The van der Waals surface area contributed by atoms with Gasteiger partial charge in [-0.2, -0.15) is 0 Å². The van der Waals surface area contributed by atoms with Crippen LogP contribution in [0.3, 0.4) is 0 Å². The van der Waals surface area contributed by atoms with E-state index < -0.39 is 5.54 Å². The topological polar surface area (TPSA) is 95.2 Å². The van der Waals surface area contributed by atoms with Crippen LogP contribution in [0.1, 0.15) is 43.6 Å². The second-order valence-electron chi connectivity index (χ2n) is 7.81. The van der Waals surface area contributed by atoms with Crippen LogP contribution in [0.15, 0.2) is 60.8 Å². The summed E-state index contributed by atoms with van der Waals surface area (Å²) in [6, 6.07) is 16.4. The first kappa shape index (κ1) is 19.2. The fraction of sp³-hybridized carbons (Fsp3) is 0.304. The lowest BCUT2D eigenvalue weighted by Gasteiger charge is -2.39. The van der Waals surface area contributed by atoms with E-state index in [2.05, 4.69) is 9.97 Å². The summed E-state index contributed by atoms with van der Waals surface area (Å²) in [4.78, 5) is 23.3.